The number of fused-ring (bicyclic) bond motifs is 1. The van der Waals surface area contributed by atoms with Crippen molar-refractivity contribution in [3.63, 3.8) is 0 Å². The number of nitrogens with zero attached hydrogens (tertiary/aromatic N) is 3. The zero-order valence-electron chi connectivity index (χ0n) is 15.5. The molecule has 4 rings (SSSR count). The molecule has 1 N–H and O–H groups in total. The zero-order chi connectivity index (χ0) is 19.3. The molecule has 1 amide bonds. The number of aromatic nitrogens is 2. The van der Waals surface area contributed by atoms with E-state index >= 15 is 0 Å². The van der Waals surface area contributed by atoms with Gasteiger partial charge in [0.1, 0.15) is 5.69 Å². The van der Waals surface area contributed by atoms with Crippen molar-refractivity contribution < 1.29 is 14.3 Å². The number of amides is 1. The third-order valence-corrected chi connectivity index (χ3v) is 4.39. The molecule has 0 saturated carbocycles. The molecule has 2 aromatic carbocycles. The summed E-state index contributed by atoms with van der Waals surface area (Å²) in [6, 6.07) is 17.0. The second-order valence-electron chi connectivity index (χ2n) is 6.26. The molecule has 0 spiro atoms. The minimum absolute atomic E-state index is 0.191. The van der Waals surface area contributed by atoms with Crippen LogP contribution in [0.3, 0.4) is 0 Å². The van der Waals surface area contributed by atoms with Gasteiger partial charge in [0.05, 0.1) is 0 Å². The van der Waals surface area contributed by atoms with Gasteiger partial charge in [-0.05, 0) is 30.7 Å². The molecular weight excluding hydrogens is 356 g/mol. The number of carbonyl (C=O) groups is 1. The van der Waals surface area contributed by atoms with E-state index in [0.29, 0.717) is 35.4 Å². The van der Waals surface area contributed by atoms with Crippen LogP contribution in [0.25, 0.3) is 0 Å². The maximum Gasteiger partial charge on any atom is 0.274 e. The molecule has 0 bridgehead atoms. The van der Waals surface area contributed by atoms with Crippen molar-refractivity contribution in [3.8, 4) is 11.5 Å². The maximum atomic E-state index is 12.6. The summed E-state index contributed by atoms with van der Waals surface area (Å²) in [7, 11) is 0. The highest BCUT2D eigenvalue weighted by atomic mass is 16.7. The van der Waals surface area contributed by atoms with Crippen LogP contribution >= 0.6 is 0 Å². The average Bonchev–Trinajstić information content (AvgIpc) is 3.21. The molecule has 1 aliphatic heterocycles. The summed E-state index contributed by atoms with van der Waals surface area (Å²) in [5, 5.41) is 2.84. The van der Waals surface area contributed by atoms with Crippen LogP contribution in [0.2, 0.25) is 0 Å². The van der Waals surface area contributed by atoms with E-state index in [1.807, 2.05) is 30.0 Å². The smallest absolute Gasteiger partial charge is 0.274 e. The van der Waals surface area contributed by atoms with Gasteiger partial charge >= 0.3 is 0 Å². The first-order chi connectivity index (χ1) is 13.7. The first-order valence-electron chi connectivity index (χ1n) is 9.06. The van der Waals surface area contributed by atoms with Crippen LogP contribution in [0, 0.1) is 0 Å². The molecule has 2 heterocycles. The van der Waals surface area contributed by atoms with Crippen molar-refractivity contribution >= 4 is 17.5 Å². The Hall–Kier alpha value is -3.61. The van der Waals surface area contributed by atoms with Gasteiger partial charge in [0.25, 0.3) is 5.91 Å². The Bertz CT molecular complexity index is 978. The van der Waals surface area contributed by atoms with Crippen molar-refractivity contribution in [2.45, 2.75) is 13.5 Å². The Balaban J connectivity index is 1.50. The molecule has 1 aliphatic rings. The van der Waals surface area contributed by atoms with Crippen LogP contribution in [0.1, 0.15) is 23.0 Å². The Morgan fingerprint density at radius 2 is 1.93 bits per heavy atom. The van der Waals surface area contributed by atoms with Crippen LogP contribution < -0.4 is 19.7 Å². The van der Waals surface area contributed by atoms with Gasteiger partial charge in [0, 0.05) is 31.0 Å². The molecule has 0 radical (unpaired) electrons. The van der Waals surface area contributed by atoms with E-state index in [-0.39, 0.29) is 12.7 Å². The molecule has 7 nitrogen and oxygen atoms in total. The number of ether oxygens (including phenoxy) is 2. The lowest BCUT2D eigenvalue weighted by molar-refractivity contribution is 0.102. The molecule has 3 aromatic rings. The van der Waals surface area contributed by atoms with Gasteiger partial charge in [-0.2, -0.15) is 0 Å². The fraction of sp³-hybridized carbons (Fsp3) is 0.190. The van der Waals surface area contributed by atoms with Gasteiger partial charge in [-0.15, -0.1) is 0 Å². The number of benzene rings is 2. The first kappa shape index (κ1) is 17.8. The first-order valence-corrected chi connectivity index (χ1v) is 9.06. The van der Waals surface area contributed by atoms with Crippen molar-refractivity contribution in [1.82, 2.24) is 9.97 Å². The molecule has 0 atom stereocenters. The lowest BCUT2D eigenvalue weighted by Crippen LogP contribution is -2.25. The van der Waals surface area contributed by atoms with Gasteiger partial charge in [-0.25, -0.2) is 9.97 Å². The Morgan fingerprint density at radius 3 is 2.75 bits per heavy atom. The molecular formula is C21H20N4O3. The lowest BCUT2D eigenvalue weighted by Gasteiger charge is -2.21. The molecule has 28 heavy (non-hydrogen) atoms. The lowest BCUT2D eigenvalue weighted by atomic mass is 10.2. The van der Waals surface area contributed by atoms with E-state index < -0.39 is 0 Å². The third kappa shape index (κ3) is 3.88. The number of carbonyl (C=O) groups excluding carboxylic acids is 1. The minimum atomic E-state index is -0.307. The van der Waals surface area contributed by atoms with E-state index in [9.17, 15) is 4.79 Å². The highest BCUT2D eigenvalue weighted by molar-refractivity contribution is 6.03. The summed E-state index contributed by atoms with van der Waals surface area (Å²) in [5.41, 5.74) is 2.07. The highest BCUT2D eigenvalue weighted by Crippen LogP contribution is 2.34. The van der Waals surface area contributed by atoms with E-state index in [2.05, 4.69) is 27.4 Å². The predicted octanol–water partition coefficient (Wildman–Crippen LogP) is 3.48. The van der Waals surface area contributed by atoms with Gasteiger partial charge < -0.3 is 19.7 Å². The van der Waals surface area contributed by atoms with Crippen LogP contribution in [-0.2, 0) is 6.54 Å². The number of anilines is 2. The number of hydrogen-bond donors (Lipinski definition) is 1. The van der Waals surface area contributed by atoms with Gasteiger partial charge in [0.15, 0.2) is 11.5 Å². The van der Waals surface area contributed by atoms with Crippen LogP contribution in [0.5, 0.6) is 11.5 Å². The van der Waals surface area contributed by atoms with Gasteiger partial charge in [-0.1, -0.05) is 30.3 Å². The number of nitrogens with one attached hydrogen (secondary N) is 1. The molecule has 142 valence electrons. The standard InChI is InChI=1S/C21H20N4O3/c1-2-25(13-15-6-4-3-5-7-15)21-22-11-10-17(24-21)20(26)23-16-8-9-18-19(12-16)28-14-27-18/h3-12H,2,13-14H2,1H3,(H,23,26). The SMILES string of the molecule is CCN(Cc1ccccc1)c1nccc(C(=O)Nc2ccc3c(c2)OCO3)n1. The second-order valence-corrected chi connectivity index (χ2v) is 6.26. The Morgan fingerprint density at radius 1 is 1.11 bits per heavy atom. The second kappa shape index (κ2) is 7.96. The van der Waals surface area contributed by atoms with Crippen molar-refractivity contribution in [3.05, 3.63) is 72.1 Å². The summed E-state index contributed by atoms with van der Waals surface area (Å²) in [5.74, 6) is 1.49. The van der Waals surface area contributed by atoms with Gasteiger partial charge in [-0.3, -0.25) is 4.79 Å². The number of rotatable bonds is 6. The molecule has 7 heteroatoms. The van der Waals surface area contributed by atoms with E-state index in [1.54, 1.807) is 30.5 Å². The average molecular weight is 376 g/mol. The van der Waals surface area contributed by atoms with E-state index in [0.717, 1.165) is 12.1 Å². The summed E-state index contributed by atoms with van der Waals surface area (Å²) >= 11 is 0. The monoisotopic (exact) mass is 376 g/mol. The molecule has 1 aromatic heterocycles. The highest BCUT2D eigenvalue weighted by Gasteiger charge is 2.16. The molecule has 0 aliphatic carbocycles. The summed E-state index contributed by atoms with van der Waals surface area (Å²) in [6.45, 7) is 3.62. The summed E-state index contributed by atoms with van der Waals surface area (Å²) in [6.07, 6.45) is 1.60. The normalized spacial score (nSPS) is 11.9. The topological polar surface area (TPSA) is 76.6 Å². The van der Waals surface area contributed by atoms with Crippen LogP contribution in [-0.4, -0.2) is 29.2 Å². The van der Waals surface area contributed by atoms with Crippen LogP contribution in [0.15, 0.2) is 60.8 Å². The fourth-order valence-electron chi connectivity index (χ4n) is 2.92. The zero-order valence-corrected chi connectivity index (χ0v) is 15.5. The van der Waals surface area contributed by atoms with E-state index in [1.165, 1.54) is 0 Å². The van der Waals surface area contributed by atoms with Crippen LogP contribution in [0.4, 0.5) is 11.6 Å². The minimum Gasteiger partial charge on any atom is -0.454 e. The largest absolute Gasteiger partial charge is 0.454 e. The maximum absolute atomic E-state index is 12.6. The summed E-state index contributed by atoms with van der Waals surface area (Å²) in [4.78, 5) is 23.5. The predicted molar refractivity (Wildman–Crippen MR) is 106 cm³/mol. The van der Waals surface area contributed by atoms with Crippen molar-refractivity contribution in [1.29, 1.82) is 0 Å². The molecule has 0 fully saturated rings. The fourth-order valence-corrected chi connectivity index (χ4v) is 2.92. The van der Waals surface area contributed by atoms with Crippen molar-refractivity contribution in [2.75, 3.05) is 23.6 Å². The van der Waals surface area contributed by atoms with Crippen molar-refractivity contribution in [2.24, 2.45) is 0 Å². The third-order valence-electron chi connectivity index (χ3n) is 4.39. The van der Waals surface area contributed by atoms with E-state index in [4.69, 9.17) is 9.47 Å². The van der Waals surface area contributed by atoms with Gasteiger partial charge in [0.2, 0.25) is 12.7 Å². The Labute approximate surface area is 163 Å². The molecule has 0 unspecified atom stereocenters. The number of hydrogen-bond acceptors (Lipinski definition) is 6. The Kier molecular flexibility index (Phi) is 5.05. The molecule has 0 saturated heterocycles. The quantitative estimate of drug-likeness (QED) is 0.710. The summed E-state index contributed by atoms with van der Waals surface area (Å²) < 4.78 is 10.6.